The van der Waals surface area contributed by atoms with Gasteiger partial charge in [0.15, 0.2) is 0 Å². The first-order chi connectivity index (χ1) is 12.7. The highest BCUT2D eigenvalue weighted by atomic mass is 19.4. The molecule has 27 heavy (non-hydrogen) atoms. The molecule has 0 spiro atoms. The lowest BCUT2D eigenvalue weighted by Crippen LogP contribution is -2.46. The molecular weight excluding hydrogens is 361 g/mol. The third-order valence-corrected chi connectivity index (χ3v) is 4.93. The van der Waals surface area contributed by atoms with Crippen LogP contribution >= 0.6 is 0 Å². The van der Waals surface area contributed by atoms with E-state index in [-0.39, 0.29) is 11.5 Å². The largest absolute Gasteiger partial charge is 0.405 e. The molecule has 0 aliphatic carbocycles. The van der Waals surface area contributed by atoms with Crippen LogP contribution in [-0.4, -0.2) is 52.5 Å². The van der Waals surface area contributed by atoms with E-state index < -0.39 is 23.8 Å². The molecule has 2 aliphatic heterocycles. The van der Waals surface area contributed by atoms with E-state index in [0.29, 0.717) is 19.0 Å². The van der Waals surface area contributed by atoms with Crippen molar-refractivity contribution < 1.29 is 18.1 Å². The first-order valence-corrected chi connectivity index (χ1v) is 8.81. The molecule has 1 unspecified atom stereocenters. The molecule has 6 nitrogen and oxygen atoms in total. The van der Waals surface area contributed by atoms with Crippen LogP contribution in [-0.2, 0) is 0 Å². The predicted molar refractivity (Wildman–Crippen MR) is 94.7 cm³/mol. The van der Waals surface area contributed by atoms with Crippen molar-refractivity contribution in [2.45, 2.75) is 38.0 Å². The van der Waals surface area contributed by atoms with Crippen LogP contribution in [0.2, 0.25) is 0 Å². The van der Waals surface area contributed by atoms with Gasteiger partial charge in [0.25, 0.3) is 0 Å². The van der Waals surface area contributed by atoms with E-state index in [1.165, 1.54) is 12.5 Å². The maximum absolute atomic E-state index is 12.7. The molecule has 1 aromatic rings. The van der Waals surface area contributed by atoms with Gasteiger partial charge in [-0.05, 0) is 31.2 Å². The summed E-state index contributed by atoms with van der Waals surface area (Å²) in [6.45, 7) is 1.40. The number of halogens is 3. The normalized spacial score (nSPS) is 21.7. The number of alkyl halides is 3. The average Bonchev–Trinajstić information content (AvgIpc) is 2.63. The number of likely N-dealkylation sites (tertiary alicyclic amines) is 1. The Morgan fingerprint density at radius 1 is 1.22 bits per heavy atom. The minimum atomic E-state index is -4.45. The Bertz CT molecular complexity index is 741. The number of hydrogen-bond donors (Lipinski definition) is 0. The van der Waals surface area contributed by atoms with Gasteiger partial charge in [-0.3, -0.25) is 10.1 Å². The van der Waals surface area contributed by atoms with Gasteiger partial charge in [0.2, 0.25) is 5.84 Å². The summed E-state index contributed by atoms with van der Waals surface area (Å²) in [5, 5.41) is 11.4. The first kappa shape index (κ1) is 19.2. The van der Waals surface area contributed by atoms with Gasteiger partial charge in [0.1, 0.15) is 12.7 Å². The lowest BCUT2D eigenvalue weighted by Gasteiger charge is -2.36. The van der Waals surface area contributed by atoms with Gasteiger partial charge in [-0.2, -0.15) is 13.2 Å². The number of piperidine rings is 1. The molecule has 0 saturated carbocycles. The van der Waals surface area contributed by atoms with Gasteiger partial charge in [0, 0.05) is 13.1 Å². The maximum atomic E-state index is 12.7. The predicted octanol–water partition coefficient (Wildman–Crippen LogP) is 3.61. The molecule has 1 aromatic carbocycles. The second kappa shape index (κ2) is 7.58. The zero-order chi connectivity index (χ0) is 19.6. The number of benzene rings is 1. The Kier molecular flexibility index (Phi) is 5.38. The fourth-order valence-corrected chi connectivity index (χ4v) is 3.55. The third-order valence-electron chi connectivity index (χ3n) is 4.93. The second-order valence-corrected chi connectivity index (χ2v) is 6.82. The molecule has 146 valence electrons. The van der Waals surface area contributed by atoms with E-state index in [4.69, 9.17) is 0 Å². The Morgan fingerprint density at radius 2 is 1.85 bits per heavy atom. The van der Waals surface area contributed by atoms with Crippen LogP contribution in [0.3, 0.4) is 0 Å². The van der Waals surface area contributed by atoms with Gasteiger partial charge in [-0.1, -0.05) is 30.3 Å². The number of nitro groups is 1. The molecule has 1 fully saturated rings. The fraction of sp³-hybridized carbons (Fsp3) is 0.500. The highest BCUT2D eigenvalue weighted by Crippen LogP contribution is 2.30. The Balaban J connectivity index is 1.73. The molecule has 1 saturated heterocycles. The molecule has 1 atom stereocenters. The zero-order valence-electron chi connectivity index (χ0n) is 14.9. The van der Waals surface area contributed by atoms with Crippen molar-refractivity contribution in [1.29, 1.82) is 0 Å². The van der Waals surface area contributed by atoms with Gasteiger partial charge in [0.05, 0.1) is 11.1 Å². The Hall–Kier alpha value is -2.58. The van der Waals surface area contributed by atoms with Crippen molar-refractivity contribution in [2.24, 2.45) is 4.99 Å². The number of aliphatic imine (C=N–C) groups is 1. The molecule has 0 aromatic heterocycles. The van der Waals surface area contributed by atoms with E-state index in [1.807, 2.05) is 23.1 Å². The molecule has 3 rings (SSSR count). The smallest absolute Gasteiger partial charge is 0.351 e. The summed E-state index contributed by atoms with van der Waals surface area (Å²) >= 11 is 0. The molecule has 0 radical (unpaired) electrons. The van der Waals surface area contributed by atoms with Gasteiger partial charge in [-0.15, -0.1) is 0 Å². The van der Waals surface area contributed by atoms with Crippen LogP contribution in [0.25, 0.3) is 0 Å². The summed E-state index contributed by atoms with van der Waals surface area (Å²) in [4.78, 5) is 17.7. The van der Waals surface area contributed by atoms with E-state index in [2.05, 4.69) is 17.1 Å². The minimum absolute atomic E-state index is 0.178. The molecule has 2 aliphatic rings. The zero-order valence-corrected chi connectivity index (χ0v) is 14.9. The molecule has 9 heteroatoms. The van der Waals surface area contributed by atoms with Crippen molar-refractivity contribution in [1.82, 2.24) is 9.80 Å². The second-order valence-electron chi connectivity index (χ2n) is 6.82. The molecule has 0 bridgehead atoms. The van der Waals surface area contributed by atoms with Crippen LogP contribution in [0.4, 0.5) is 13.2 Å². The third kappa shape index (κ3) is 4.58. The van der Waals surface area contributed by atoms with Crippen LogP contribution in [0.1, 0.15) is 31.2 Å². The summed E-state index contributed by atoms with van der Waals surface area (Å²) in [5.74, 6) is 0.547. The lowest BCUT2D eigenvalue weighted by atomic mass is 9.89. The summed E-state index contributed by atoms with van der Waals surface area (Å²) in [6, 6.07) is 10.1. The minimum Gasteiger partial charge on any atom is -0.351 e. The van der Waals surface area contributed by atoms with Gasteiger partial charge < -0.3 is 9.80 Å². The summed E-state index contributed by atoms with van der Waals surface area (Å²) in [7, 11) is 0. The number of rotatable bonds is 3. The van der Waals surface area contributed by atoms with E-state index in [9.17, 15) is 23.3 Å². The summed E-state index contributed by atoms with van der Waals surface area (Å²) in [6.07, 6.45) is -2.65. The topological polar surface area (TPSA) is 62.0 Å². The quantitative estimate of drug-likeness (QED) is 0.592. The van der Waals surface area contributed by atoms with Crippen molar-refractivity contribution in [2.75, 3.05) is 19.6 Å². The molecule has 0 N–H and O–H groups in total. The van der Waals surface area contributed by atoms with Crippen LogP contribution in [0.5, 0.6) is 0 Å². The number of hydrogen-bond acceptors (Lipinski definition) is 5. The van der Waals surface area contributed by atoms with Crippen molar-refractivity contribution in [3.05, 3.63) is 57.9 Å². The Labute approximate surface area is 155 Å². The molecule has 0 amide bonds. The average molecular weight is 382 g/mol. The number of amidine groups is 1. The standard InChI is InChI=1S/C18H21F3N4O2/c1-13-22-17(16(25(26)27)11-24(13)12-18(19,20)21)23-9-7-15(8-10-23)14-5-3-2-4-6-14/h2-6,11,13,15H,7-10,12H2,1H3. The number of nitrogens with zero attached hydrogens (tertiary/aromatic N) is 4. The molecular formula is C18H21F3N4O2. The maximum Gasteiger partial charge on any atom is 0.405 e. The highest BCUT2D eigenvalue weighted by molar-refractivity contribution is 5.96. The Morgan fingerprint density at radius 3 is 2.41 bits per heavy atom. The van der Waals surface area contributed by atoms with E-state index >= 15 is 0 Å². The monoisotopic (exact) mass is 382 g/mol. The summed E-state index contributed by atoms with van der Waals surface area (Å²) in [5.41, 5.74) is 0.855. The van der Waals surface area contributed by atoms with E-state index in [1.54, 1.807) is 0 Å². The van der Waals surface area contributed by atoms with E-state index in [0.717, 1.165) is 23.9 Å². The SMILES string of the molecule is CC1N=C(N2CCC(c3ccccc3)CC2)C([N+](=O)[O-])=CN1CC(F)(F)F. The van der Waals surface area contributed by atoms with Gasteiger partial charge in [-0.25, -0.2) is 4.99 Å². The summed E-state index contributed by atoms with van der Waals surface area (Å²) < 4.78 is 38.1. The molecule has 2 heterocycles. The van der Waals surface area contributed by atoms with Crippen molar-refractivity contribution >= 4 is 5.84 Å². The van der Waals surface area contributed by atoms with Crippen LogP contribution in [0, 0.1) is 10.1 Å². The fourth-order valence-electron chi connectivity index (χ4n) is 3.55. The van der Waals surface area contributed by atoms with Crippen LogP contribution in [0.15, 0.2) is 47.2 Å². The van der Waals surface area contributed by atoms with Crippen molar-refractivity contribution in [3.63, 3.8) is 0 Å². The van der Waals surface area contributed by atoms with Crippen molar-refractivity contribution in [3.8, 4) is 0 Å². The first-order valence-electron chi connectivity index (χ1n) is 8.81. The lowest BCUT2D eigenvalue weighted by molar-refractivity contribution is -0.417. The van der Waals surface area contributed by atoms with Gasteiger partial charge >= 0.3 is 11.9 Å². The highest BCUT2D eigenvalue weighted by Gasteiger charge is 2.38. The van der Waals surface area contributed by atoms with Crippen LogP contribution < -0.4 is 0 Å².